The molecular formula is C18H21N3O2. The van der Waals surface area contributed by atoms with Crippen LogP contribution in [0.1, 0.15) is 11.3 Å². The molecule has 1 fully saturated rings. The van der Waals surface area contributed by atoms with Gasteiger partial charge in [0.2, 0.25) is 0 Å². The minimum atomic E-state index is 0.493. The molecule has 0 amide bonds. The molecule has 1 aliphatic rings. The first kappa shape index (κ1) is 14.5. The smallest absolute Gasteiger partial charge is 0.134 e. The van der Waals surface area contributed by atoms with Gasteiger partial charge in [0.15, 0.2) is 0 Å². The third-order valence-electron chi connectivity index (χ3n) is 4.42. The fourth-order valence-corrected chi connectivity index (χ4v) is 3.29. The van der Waals surface area contributed by atoms with E-state index in [1.54, 1.807) is 12.5 Å². The molecule has 3 aromatic rings. The van der Waals surface area contributed by atoms with Crippen molar-refractivity contribution in [1.29, 1.82) is 0 Å². The fourth-order valence-electron chi connectivity index (χ4n) is 3.29. The van der Waals surface area contributed by atoms with Crippen LogP contribution in [0.25, 0.3) is 11.0 Å². The Morgan fingerprint density at radius 2 is 2.26 bits per heavy atom. The molecule has 0 spiro atoms. The summed E-state index contributed by atoms with van der Waals surface area (Å²) in [6.07, 6.45) is 4.56. The summed E-state index contributed by atoms with van der Waals surface area (Å²) in [6.45, 7) is 4.51. The van der Waals surface area contributed by atoms with E-state index in [1.165, 1.54) is 5.56 Å². The Morgan fingerprint density at radius 1 is 1.26 bits per heavy atom. The van der Waals surface area contributed by atoms with Crippen molar-refractivity contribution in [2.75, 3.05) is 26.3 Å². The molecule has 0 saturated carbocycles. The van der Waals surface area contributed by atoms with Crippen LogP contribution in [0.2, 0.25) is 0 Å². The van der Waals surface area contributed by atoms with E-state index in [9.17, 15) is 0 Å². The van der Waals surface area contributed by atoms with E-state index in [2.05, 4.69) is 33.3 Å². The van der Waals surface area contributed by atoms with Crippen LogP contribution in [0.5, 0.6) is 0 Å². The summed E-state index contributed by atoms with van der Waals surface area (Å²) in [5.74, 6) is 0.493. The van der Waals surface area contributed by atoms with E-state index >= 15 is 0 Å². The molecule has 1 atom stereocenters. The predicted octanol–water partition coefficient (Wildman–Crippen LogP) is 2.85. The Morgan fingerprint density at radius 3 is 3.17 bits per heavy atom. The summed E-state index contributed by atoms with van der Waals surface area (Å²) in [5, 5.41) is 8.23. The normalized spacial score (nSPS) is 19.9. The van der Waals surface area contributed by atoms with Gasteiger partial charge in [-0.2, -0.15) is 5.10 Å². The molecule has 0 radical (unpaired) electrons. The number of H-pyrrole nitrogens is 1. The number of nitrogens with one attached hydrogen (secondary N) is 1. The lowest BCUT2D eigenvalue weighted by Crippen LogP contribution is -2.30. The molecule has 4 rings (SSSR count). The van der Waals surface area contributed by atoms with E-state index in [0.29, 0.717) is 5.92 Å². The summed E-state index contributed by atoms with van der Waals surface area (Å²) in [7, 11) is 0. The average molecular weight is 311 g/mol. The van der Waals surface area contributed by atoms with Crippen molar-refractivity contribution in [2.24, 2.45) is 5.92 Å². The van der Waals surface area contributed by atoms with Crippen LogP contribution in [-0.2, 0) is 17.7 Å². The molecule has 120 valence electrons. The van der Waals surface area contributed by atoms with Crippen molar-refractivity contribution in [3.8, 4) is 0 Å². The van der Waals surface area contributed by atoms with Crippen molar-refractivity contribution in [2.45, 2.75) is 13.0 Å². The van der Waals surface area contributed by atoms with Crippen molar-refractivity contribution in [3.05, 3.63) is 54.0 Å². The molecule has 1 aliphatic heterocycles. The molecule has 5 heteroatoms. The summed E-state index contributed by atoms with van der Waals surface area (Å²) in [4.78, 5) is 2.44. The molecule has 0 bridgehead atoms. The summed E-state index contributed by atoms with van der Waals surface area (Å²) >= 11 is 0. The third kappa shape index (κ3) is 3.46. The first-order valence-corrected chi connectivity index (χ1v) is 8.11. The van der Waals surface area contributed by atoms with Crippen LogP contribution in [0.4, 0.5) is 0 Å². The highest BCUT2D eigenvalue weighted by molar-refractivity contribution is 5.77. The number of furan rings is 1. The van der Waals surface area contributed by atoms with Gasteiger partial charge in [0.1, 0.15) is 5.58 Å². The number of aromatic nitrogens is 2. The van der Waals surface area contributed by atoms with Crippen molar-refractivity contribution in [3.63, 3.8) is 0 Å². The number of benzene rings is 1. The standard InChI is InChI=1S/C18H21N3O2/c1-2-16-4-7-23-18(16)10-14(1)9-15-11-21(6-8-22-13-15)12-17-3-5-19-20-17/h1-5,7,10,15H,6,8-9,11-13H2,(H,19,20)/t15-/m0/s1. The Kier molecular flexibility index (Phi) is 4.13. The van der Waals surface area contributed by atoms with Crippen LogP contribution in [0.3, 0.4) is 0 Å². The van der Waals surface area contributed by atoms with Gasteiger partial charge in [-0.25, -0.2) is 0 Å². The van der Waals surface area contributed by atoms with Crippen molar-refractivity contribution >= 4 is 11.0 Å². The Hall–Kier alpha value is -2.11. The summed E-state index contributed by atoms with van der Waals surface area (Å²) in [6, 6.07) is 10.5. The maximum atomic E-state index is 5.81. The second-order valence-corrected chi connectivity index (χ2v) is 6.25. The van der Waals surface area contributed by atoms with E-state index < -0.39 is 0 Å². The SMILES string of the molecule is c1cc(CN2CCOC[C@@H](Cc3ccc4ccoc4c3)C2)[nH]n1. The quantitative estimate of drug-likeness (QED) is 0.805. The van der Waals surface area contributed by atoms with Gasteiger partial charge in [0.05, 0.1) is 19.5 Å². The lowest BCUT2D eigenvalue weighted by Gasteiger charge is -2.22. The number of ether oxygens (including phenoxy) is 1. The Labute approximate surface area is 135 Å². The van der Waals surface area contributed by atoms with Gasteiger partial charge < -0.3 is 9.15 Å². The lowest BCUT2D eigenvalue weighted by molar-refractivity contribution is 0.121. The highest BCUT2D eigenvalue weighted by Crippen LogP contribution is 2.21. The van der Waals surface area contributed by atoms with Gasteiger partial charge in [0, 0.05) is 36.9 Å². The van der Waals surface area contributed by atoms with Gasteiger partial charge in [0.25, 0.3) is 0 Å². The molecule has 2 aromatic heterocycles. The fraction of sp³-hybridized carbons (Fsp3) is 0.389. The highest BCUT2D eigenvalue weighted by atomic mass is 16.5. The average Bonchev–Trinajstić information content (AvgIpc) is 3.17. The second-order valence-electron chi connectivity index (χ2n) is 6.25. The van der Waals surface area contributed by atoms with E-state index in [4.69, 9.17) is 9.15 Å². The first-order valence-electron chi connectivity index (χ1n) is 8.11. The predicted molar refractivity (Wildman–Crippen MR) is 88.1 cm³/mol. The number of fused-ring (bicyclic) bond motifs is 1. The summed E-state index contributed by atoms with van der Waals surface area (Å²) < 4.78 is 11.3. The summed E-state index contributed by atoms with van der Waals surface area (Å²) in [5.41, 5.74) is 3.43. The number of hydrogen-bond donors (Lipinski definition) is 1. The van der Waals surface area contributed by atoms with Crippen LogP contribution >= 0.6 is 0 Å². The molecule has 23 heavy (non-hydrogen) atoms. The van der Waals surface area contributed by atoms with Crippen LogP contribution in [-0.4, -0.2) is 41.4 Å². The highest BCUT2D eigenvalue weighted by Gasteiger charge is 2.19. The van der Waals surface area contributed by atoms with Gasteiger partial charge in [-0.3, -0.25) is 10.00 Å². The zero-order valence-electron chi connectivity index (χ0n) is 13.1. The molecule has 3 heterocycles. The molecular weight excluding hydrogens is 290 g/mol. The number of nitrogens with zero attached hydrogens (tertiary/aromatic N) is 2. The molecule has 0 aliphatic carbocycles. The second kappa shape index (κ2) is 6.56. The zero-order valence-corrected chi connectivity index (χ0v) is 13.1. The van der Waals surface area contributed by atoms with Crippen LogP contribution in [0.15, 0.2) is 47.2 Å². The molecule has 1 aromatic carbocycles. The molecule has 5 nitrogen and oxygen atoms in total. The third-order valence-corrected chi connectivity index (χ3v) is 4.42. The maximum absolute atomic E-state index is 5.81. The van der Waals surface area contributed by atoms with Gasteiger partial charge in [-0.15, -0.1) is 0 Å². The van der Waals surface area contributed by atoms with Gasteiger partial charge in [-0.05, 0) is 36.1 Å². The minimum Gasteiger partial charge on any atom is -0.464 e. The topological polar surface area (TPSA) is 54.3 Å². The van der Waals surface area contributed by atoms with Crippen molar-refractivity contribution in [1.82, 2.24) is 15.1 Å². The molecule has 0 unspecified atom stereocenters. The zero-order chi connectivity index (χ0) is 15.5. The van der Waals surface area contributed by atoms with E-state index in [0.717, 1.165) is 55.9 Å². The number of aromatic amines is 1. The Bertz CT molecular complexity index is 751. The monoisotopic (exact) mass is 311 g/mol. The molecule has 1 N–H and O–H groups in total. The maximum Gasteiger partial charge on any atom is 0.134 e. The first-order chi connectivity index (χ1) is 11.4. The Balaban J connectivity index is 1.44. The van der Waals surface area contributed by atoms with Gasteiger partial charge in [-0.1, -0.05) is 12.1 Å². The van der Waals surface area contributed by atoms with E-state index in [1.807, 2.05) is 12.1 Å². The number of hydrogen-bond acceptors (Lipinski definition) is 4. The largest absolute Gasteiger partial charge is 0.464 e. The lowest BCUT2D eigenvalue weighted by atomic mass is 9.99. The van der Waals surface area contributed by atoms with Crippen LogP contribution in [0, 0.1) is 5.92 Å². The number of rotatable bonds is 4. The van der Waals surface area contributed by atoms with Crippen LogP contribution < -0.4 is 0 Å². The van der Waals surface area contributed by atoms with E-state index in [-0.39, 0.29) is 0 Å². The van der Waals surface area contributed by atoms with Crippen molar-refractivity contribution < 1.29 is 9.15 Å². The van der Waals surface area contributed by atoms with Gasteiger partial charge >= 0.3 is 0 Å². The molecule has 1 saturated heterocycles. The minimum absolute atomic E-state index is 0.493.